The van der Waals surface area contributed by atoms with E-state index >= 15 is 0 Å². The van der Waals surface area contributed by atoms with E-state index in [1.54, 1.807) is 6.07 Å². The smallest absolute Gasteiger partial charge is 0.115 e. The van der Waals surface area contributed by atoms with Crippen molar-refractivity contribution in [3.05, 3.63) is 29.3 Å². The first-order chi connectivity index (χ1) is 6.25. The Balaban J connectivity index is 2.35. The highest BCUT2D eigenvalue weighted by Crippen LogP contribution is 2.23. The Morgan fingerprint density at radius 3 is 3.00 bits per heavy atom. The van der Waals surface area contributed by atoms with Gasteiger partial charge in [-0.15, -0.1) is 0 Å². The maximum atomic E-state index is 9.33. The van der Waals surface area contributed by atoms with Crippen LogP contribution in [0.2, 0.25) is 0 Å². The van der Waals surface area contributed by atoms with Crippen LogP contribution in [0.1, 0.15) is 24.0 Å². The second-order valence-corrected chi connectivity index (χ2v) is 3.81. The maximum absolute atomic E-state index is 9.33. The van der Waals surface area contributed by atoms with E-state index in [2.05, 4.69) is 0 Å². The summed E-state index contributed by atoms with van der Waals surface area (Å²) in [5.74, 6) is 0.354. The number of nitrogens with two attached hydrogens (primary N) is 1. The van der Waals surface area contributed by atoms with Crippen molar-refractivity contribution < 1.29 is 5.11 Å². The molecule has 0 amide bonds. The largest absolute Gasteiger partial charge is 0.508 e. The Labute approximate surface area is 78.4 Å². The highest BCUT2D eigenvalue weighted by atomic mass is 16.3. The van der Waals surface area contributed by atoms with Gasteiger partial charge in [0, 0.05) is 6.04 Å². The molecule has 0 aliphatic heterocycles. The van der Waals surface area contributed by atoms with E-state index in [0.717, 1.165) is 19.3 Å². The Hall–Kier alpha value is -1.02. The Morgan fingerprint density at radius 1 is 1.31 bits per heavy atom. The van der Waals surface area contributed by atoms with E-state index in [9.17, 15) is 5.11 Å². The quantitative estimate of drug-likeness (QED) is 0.591. The molecule has 1 aliphatic carbocycles. The van der Waals surface area contributed by atoms with Crippen molar-refractivity contribution in [2.75, 3.05) is 0 Å². The summed E-state index contributed by atoms with van der Waals surface area (Å²) in [6.07, 6.45) is 4.27. The normalized spacial score (nSPS) is 22.1. The molecule has 3 N–H and O–H groups in total. The van der Waals surface area contributed by atoms with Crippen molar-refractivity contribution in [3.63, 3.8) is 0 Å². The third-order valence-corrected chi connectivity index (χ3v) is 2.69. The first-order valence-corrected chi connectivity index (χ1v) is 4.82. The van der Waals surface area contributed by atoms with Gasteiger partial charge in [-0.3, -0.25) is 0 Å². The molecule has 1 aromatic carbocycles. The van der Waals surface area contributed by atoms with Gasteiger partial charge in [0.2, 0.25) is 0 Å². The molecule has 0 bridgehead atoms. The van der Waals surface area contributed by atoms with E-state index in [0.29, 0.717) is 5.75 Å². The van der Waals surface area contributed by atoms with E-state index in [1.807, 2.05) is 12.1 Å². The summed E-state index contributed by atoms with van der Waals surface area (Å²) in [6.45, 7) is 0. The van der Waals surface area contributed by atoms with Gasteiger partial charge in [0.15, 0.2) is 0 Å². The lowest BCUT2D eigenvalue weighted by molar-refractivity contribution is 0.474. The molecule has 70 valence electrons. The van der Waals surface area contributed by atoms with Crippen molar-refractivity contribution in [2.45, 2.75) is 31.7 Å². The van der Waals surface area contributed by atoms with Crippen LogP contribution in [0.15, 0.2) is 18.2 Å². The molecule has 0 heterocycles. The fourth-order valence-corrected chi connectivity index (χ4v) is 1.99. The van der Waals surface area contributed by atoms with Gasteiger partial charge in [0.05, 0.1) is 0 Å². The molecule has 2 nitrogen and oxygen atoms in total. The number of rotatable bonds is 0. The summed E-state index contributed by atoms with van der Waals surface area (Å²) in [7, 11) is 0. The number of phenols is 1. The first kappa shape index (κ1) is 8.57. The molecule has 1 aromatic rings. The number of hydrogen-bond acceptors (Lipinski definition) is 2. The number of aromatic hydroxyl groups is 1. The van der Waals surface area contributed by atoms with Gasteiger partial charge in [0.1, 0.15) is 5.75 Å². The van der Waals surface area contributed by atoms with Gasteiger partial charge in [-0.1, -0.05) is 6.07 Å². The summed E-state index contributed by atoms with van der Waals surface area (Å²) >= 11 is 0. The summed E-state index contributed by atoms with van der Waals surface area (Å²) in [5, 5.41) is 9.33. The standard InChI is InChI=1S/C11H15NO/c12-10-3-1-2-8-4-5-11(13)7-9(8)6-10/h4-5,7,10,13H,1-3,6,12H2. The van der Waals surface area contributed by atoms with Gasteiger partial charge >= 0.3 is 0 Å². The molecular formula is C11H15NO. The third-order valence-electron chi connectivity index (χ3n) is 2.69. The molecule has 13 heavy (non-hydrogen) atoms. The maximum Gasteiger partial charge on any atom is 0.115 e. The van der Waals surface area contributed by atoms with Crippen LogP contribution >= 0.6 is 0 Å². The molecule has 2 rings (SSSR count). The summed E-state index contributed by atoms with van der Waals surface area (Å²) < 4.78 is 0. The van der Waals surface area contributed by atoms with Gasteiger partial charge in [-0.2, -0.15) is 0 Å². The molecule has 1 aliphatic rings. The second-order valence-electron chi connectivity index (χ2n) is 3.81. The third kappa shape index (κ3) is 1.83. The predicted molar refractivity (Wildman–Crippen MR) is 52.7 cm³/mol. The molecule has 0 radical (unpaired) electrons. The van der Waals surface area contributed by atoms with Crippen molar-refractivity contribution in [1.29, 1.82) is 0 Å². The minimum atomic E-state index is 0.267. The molecule has 0 saturated heterocycles. The predicted octanol–water partition coefficient (Wildman–Crippen LogP) is 1.60. The Kier molecular flexibility index (Phi) is 2.23. The fourth-order valence-electron chi connectivity index (χ4n) is 1.99. The monoisotopic (exact) mass is 177 g/mol. The second kappa shape index (κ2) is 3.38. The molecular weight excluding hydrogens is 162 g/mol. The summed E-state index contributed by atoms with van der Waals surface area (Å²) in [5.41, 5.74) is 8.50. The Morgan fingerprint density at radius 2 is 2.15 bits per heavy atom. The molecule has 1 unspecified atom stereocenters. The molecule has 0 fully saturated rings. The van der Waals surface area contributed by atoms with E-state index in [-0.39, 0.29) is 6.04 Å². The molecule has 2 heteroatoms. The van der Waals surface area contributed by atoms with Crippen molar-refractivity contribution in [2.24, 2.45) is 5.73 Å². The molecule has 0 saturated carbocycles. The van der Waals surface area contributed by atoms with Gasteiger partial charge in [-0.25, -0.2) is 0 Å². The number of phenolic OH excluding ortho intramolecular Hbond substituents is 1. The van der Waals surface area contributed by atoms with Crippen LogP contribution in [-0.2, 0) is 12.8 Å². The number of benzene rings is 1. The average Bonchev–Trinajstić information content (AvgIpc) is 2.25. The van der Waals surface area contributed by atoms with Crippen LogP contribution in [0.4, 0.5) is 0 Å². The van der Waals surface area contributed by atoms with E-state index < -0.39 is 0 Å². The number of aryl methyl sites for hydroxylation is 1. The zero-order chi connectivity index (χ0) is 9.26. The zero-order valence-corrected chi connectivity index (χ0v) is 7.66. The van der Waals surface area contributed by atoms with Crippen molar-refractivity contribution in [1.82, 2.24) is 0 Å². The topological polar surface area (TPSA) is 46.2 Å². The zero-order valence-electron chi connectivity index (χ0n) is 7.66. The van der Waals surface area contributed by atoms with Gasteiger partial charge < -0.3 is 10.8 Å². The highest BCUT2D eigenvalue weighted by molar-refractivity contribution is 5.36. The lowest BCUT2D eigenvalue weighted by Gasteiger charge is -2.08. The van der Waals surface area contributed by atoms with E-state index in [1.165, 1.54) is 17.5 Å². The van der Waals surface area contributed by atoms with Crippen molar-refractivity contribution >= 4 is 0 Å². The van der Waals surface area contributed by atoms with Crippen LogP contribution in [0.5, 0.6) is 5.75 Å². The van der Waals surface area contributed by atoms with E-state index in [4.69, 9.17) is 5.73 Å². The lowest BCUT2D eigenvalue weighted by atomic mass is 10.0. The Bertz CT molecular complexity index is 309. The van der Waals surface area contributed by atoms with Gasteiger partial charge in [0.25, 0.3) is 0 Å². The lowest BCUT2D eigenvalue weighted by Crippen LogP contribution is -2.21. The highest BCUT2D eigenvalue weighted by Gasteiger charge is 2.13. The van der Waals surface area contributed by atoms with Crippen LogP contribution in [-0.4, -0.2) is 11.1 Å². The van der Waals surface area contributed by atoms with Crippen molar-refractivity contribution in [3.8, 4) is 5.75 Å². The SMILES string of the molecule is NC1CCCc2ccc(O)cc2C1. The minimum Gasteiger partial charge on any atom is -0.508 e. The molecule has 0 aromatic heterocycles. The van der Waals surface area contributed by atoms with Gasteiger partial charge in [-0.05, 0) is 48.9 Å². The first-order valence-electron chi connectivity index (χ1n) is 4.82. The fraction of sp³-hybridized carbons (Fsp3) is 0.455. The molecule has 1 atom stereocenters. The van der Waals surface area contributed by atoms with Crippen LogP contribution in [0.25, 0.3) is 0 Å². The summed E-state index contributed by atoms with van der Waals surface area (Å²) in [6, 6.07) is 5.89. The van der Waals surface area contributed by atoms with Crippen LogP contribution in [0.3, 0.4) is 0 Å². The summed E-state index contributed by atoms with van der Waals surface area (Å²) in [4.78, 5) is 0. The average molecular weight is 177 g/mol. The number of fused-ring (bicyclic) bond motifs is 1. The minimum absolute atomic E-state index is 0.267. The molecule has 0 spiro atoms. The van der Waals surface area contributed by atoms with Crippen LogP contribution < -0.4 is 5.73 Å². The number of hydrogen-bond donors (Lipinski definition) is 2. The van der Waals surface area contributed by atoms with Crippen LogP contribution in [0, 0.1) is 0 Å².